The molecular formula is C76H72N4. The van der Waals surface area contributed by atoms with Crippen molar-refractivity contribution in [2.45, 2.75) is 119 Å². The summed E-state index contributed by atoms with van der Waals surface area (Å²) in [5, 5.41) is 7.67. The zero-order valence-corrected chi connectivity index (χ0v) is 49.1. The molecule has 2 aromatic heterocycles. The van der Waals surface area contributed by atoms with Crippen LogP contribution in [0.5, 0.6) is 0 Å². The van der Waals surface area contributed by atoms with Crippen LogP contribution < -0.4 is 9.80 Å². The Hall–Kier alpha value is -8.34. The lowest BCUT2D eigenvalue weighted by Crippen LogP contribution is -2.21. The lowest BCUT2D eigenvalue weighted by Gasteiger charge is -2.31. The molecule has 0 saturated carbocycles. The van der Waals surface area contributed by atoms with Gasteiger partial charge in [-0.05, 0) is 220 Å². The van der Waals surface area contributed by atoms with Gasteiger partial charge in [0, 0.05) is 88.3 Å². The third-order valence-electron chi connectivity index (χ3n) is 18.3. The summed E-state index contributed by atoms with van der Waals surface area (Å²) in [5.74, 6) is 0. The summed E-state index contributed by atoms with van der Waals surface area (Å²) in [6.45, 7) is 32.7. The van der Waals surface area contributed by atoms with Crippen molar-refractivity contribution in [3.05, 3.63) is 226 Å². The van der Waals surface area contributed by atoms with Gasteiger partial charge < -0.3 is 18.9 Å². The molecule has 0 fully saturated rings. The first kappa shape index (κ1) is 49.9. The van der Waals surface area contributed by atoms with Gasteiger partial charge in [-0.1, -0.05) is 131 Å². The van der Waals surface area contributed by atoms with Gasteiger partial charge in [-0.3, -0.25) is 0 Å². The zero-order valence-electron chi connectivity index (χ0n) is 49.1. The summed E-state index contributed by atoms with van der Waals surface area (Å²) in [6.07, 6.45) is 0. The third-order valence-corrected chi connectivity index (χ3v) is 18.3. The monoisotopic (exact) mass is 1040 g/mol. The SMILES string of the molecule is Cc1ccc(C)c(N(c2ccc3c(c2)C(C)(C)c2cc4c(cc2-3)C(C)(C)c2cc(N(c3ccc5c6ccccc6n(C(C)(C)C)c5c3)c3cc(C)ccc3C)c3ccccc3c2-4)c2ccc3c4ccccc4n(C(C)(C)C)c3c2)c1. The fraction of sp³-hybridized carbons (Fsp3) is 0.237. The van der Waals surface area contributed by atoms with E-state index in [0.717, 1.165) is 11.4 Å². The van der Waals surface area contributed by atoms with E-state index in [1.807, 2.05) is 0 Å². The number of aryl methyl sites for hydroxylation is 4. The van der Waals surface area contributed by atoms with Crippen LogP contribution in [-0.4, -0.2) is 9.13 Å². The van der Waals surface area contributed by atoms with Gasteiger partial charge in [0.15, 0.2) is 0 Å². The molecule has 4 heteroatoms. The summed E-state index contributed by atoms with van der Waals surface area (Å²) in [4.78, 5) is 5.08. The molecule has 0 spiro atoms. The van der Waals surface area contributed by atoms with Gasteiger partial charge in [-0.15, -0.1) is 0 Å². The fourth-order valence-electron chi connectivity index (χ4n) is 14.5. The number of hydrogen-bond acceptors (Lipinski definition) is 2. The van der Waals surface area contributed by atoms with E-state index in [0.29, 0.717) is 0 Å². The van der Waals surface area contributed by atoms with Gasteiger partial charge in [-0.25, -0.2) is 0 Å². The lowest BCUT2D eigenvalue weighted by atomic mass is 9.79. The van der Waals surface area contributed by atoms with Gasteiger partial charge in [0.2, 0.25) is 0 Å². The second-order valence-corrected chi connectivity index (χ2v) is 26.5. The molecule has 14 rings (SSSR count). The Balaban J connectivity index is 0.935. The highest BCUT2D eigenvalue weighted by Crippen LogP contribution is 2.60. The van der Waals surface area contributed by atoms with E-state index in [1.165, 1.54) is 144 Å². The Bertz CT molecular complexity index is 4610. The Labute approximate surface area is 472 Å². The molecule has 0 bridgehead atoms. The molecule has 0 unspecified atom stereocenters. The number of para-hydroxylation sites is 2. The van der Waals surface area contributed by atoms with Crippen LogP contribution in [0.1, 0.15) is 114 Å². The van der Waals surface area contributed by atoms with Crippen LogP contribution in [0.15, 0.2) is 182 Å². The molecular weight excluding hydrogens is 969 g/mol. The van der Waals surface area contributed by atoms with Crippen molar-refractivity contribution in [1.82, 2.24) is 9.13 Å². The Morgan fingerprint density at radius 2 is 0.750 bits per heavy atom. The maximum Gasteiger partial charge on any atom is 0.0543 e. The molecule has 0 atom stereocenters. The number of nitrogens with zero attached hydrogens (tertiary/aromatic N) is 4. The smallest absolute Gasteiger partial charge is 0.0543 e. The molecule has 80 heavy (non-hydrogen) atoms. The molecule has 396 valence electrons. The standard InChI is InChI=1S/C76H72N4/c1-45-27-29-47(3)67(37-45)77(50-32-35-56-53-21-17-19-25-65(53)79(70(56)40-50)73(5,6)7)49-31-34-52-59-42-63-60(43-62(59)75(11,12)61(52)39-49)72-58-24-16-15-23-55(58)69(44-64(72)76(63,13)14)78(68-38-46(2)28-30-48(68)4)51-33-36-57-54-22-18-20-26-66(54)80(71(57)41-51)74(8,9)10/h15-44H,1-14H3. The molecule has 2 aliphatic rings. The van der Waals surface area contributed by atoms with E-state index < -0.39 is 0 Å². The molecule has 12 aromatic rings. The molecule has 0 saturated heterocycles. The number of rotatable bonds is 6. The van der Waals surface area contributed by atoms with Crippen molar-refractivity contribution >= 4 is 88.5 Å². The fourth-order valence-corrected chi connectivity index (χ4v) is 14.5. The summed E-state index contributed by atoms with van der Waals surface area (Å²) >= 11 is 0. The number of fused-ring (bicyclic) bond motifs is 14. The predicted octanol–water partition coefficient (Wildman–Crippen LogP) is 21.4. The number of anilines is 6. The average molecular weight is 1040 g/mol. The summed E-state index contributed by atoms with van der Waals surface area (Å²) < 4.78 is 5.07. The Morgan fingerprint density at radius 1 is 0.325 bits per heavy atom. The number of benzene rings is 10. The van der Waals surface area contributed by atoms with Crippen molar-refractivity contribution in [2.24, 2.45) is 0 Å². The minimum Gasteiger partial charge on any atom is -0.335 e. The minimum absolute atomic E-state index is 0.121. The van der Waals surface area contributed by atoms with Crippen LogP contribution in [-0.2, 0) is 21.9 Å². The molecule has 2 heterocycles. The van der Waals surface area contributed by atoms with Crippen LogP contribution in [0.2, 0.25) is 0 Å². The van der Waals surface area contributed by atoms with E-state index >= 15 is 0 Å². The van der Waals surface area contributed by atoms with Crippen LogP contribution in [0.4, 0.5) is 34.1 Å². The van der Waals surface area contributed by atoms with Crippen LogP contribution in [0.3, 0.4) is 0 Å². The van der Waals surface area contributed by atoms with Crippen molar-refractivity contribution in [1.29, 1.82) is 0 Å². The first-order chi connectivity index (χ1) is 38.1. The normalized spacial score (nSPS) is 14.3. The quantitative estimate of drug-likeness (QED) is 0.165. The van der Waals surface area contributed by atoms with Crippen LogP contribution in [0.25, 0.3) is 76.6 Å². The van der Waals surface area contributed by atoms with E-state index in [1.54, 1.807) is 0 Å². The van der Waals surface area contributed by atoms with Crippen molar-refractivity contribution in [3.8, 4) is 22.3 Å². The minimum atomic E-state index is -0.297. The van der Waals surface area contributed by atoms with Crippen LogP contribution in [0, 0.1) is 27.7 Å². The van der Waals surface area contributed by atoms with Crippen molar-refractivity contribution < 1.29 is 0 Å². The highest BCUT2D eigenvalue weighted by molar-refractivity contribution is 6.13. The molecule has 4 nitrogen and oxygen atoms in total. The average Bonchev–Trinajstić information content (AvgIpc) is 2.73. The first-order valence-corrected chi connectivity index (χ1v) is 28.8. The van der Waals surface area contributed by atoms with Crippen LogP contribution >= 0.6 is 0 Å². The highest BCUT2D eigenvalue weighted by atomic mass is 15.2. The third kappa shape index (κ3) is 7.19. The van der Waals surface area contributed by atoms with Gasteiger partial charge in [0.05, 0.1) is 16.7 Å². The zero-order chi connectivity index (χ0) is 55.7. The van der Waals surface area contributed by atoms with E-state index in [4.69, 9.17) is 0 Å². The van der Waals surface area contributed by atoms with Crippen molar-refractivity contribution in [2.75, 3.05) is 9.80 Å². The topological polar surface area (TPSA) is 16.3 Å². The predicted molar refractivity (Wildman–Crippen MR) is 343 cm³/mol. The molecule has 0 N–H and O–H groups in total. The van der Waals surface area contributed by atoms with Gasteiger partial charge in [0.25, 0.3) is 0 Å². The maximum absolute atomic E-state index is 2.59. The largest absolute Gasteiger partial charge is 0.335 e. The Morgan fingerprint density at radius 3 is 1.31 bits per heavy atom. The van der Waals surface area contributed by atoms with Gasteiger partial charge in [0.1, 0.15) is 0 Å². The van der Waals surface area contributed by atoms with Gasteiger partial charge in [-0.2, -0.15) is 0 Å². The molecule has 0 aliphatic heterocycles. The van der Waals surface area contributed by atoms with E-state index in [2.05, 4.69) is 298 Å². The first-order valence-electron chi connectivity index (χ1n) is 28.8. The molecule has 2 aliphatic carbocycles. The highest BCUT2D eigenvalue weighted by Gasteiger charge is 2.43. The van der Waals surface area contributed by atoms with E-state index in [-0.39, 0.29) is 21.9 Å². The van der Waals surface area contributed by atoms with Crippen molar-refractivity contribution in [3.63, 3.8) is 0 Å². The van der Waals surface area contributed by atoms with E-state index in [9.17, 15) is 0 Å². The summed E-state index contributed by atoms with van der Waals surface area (Å²) in [5.41, 5.74) is 27.1. The maximum atomic E-state index is 2.59. The summed E-state index contributed by atoms with van der Waals surface area (Å²) in [7, 11) is 0. The number of hydrogen-bond donors (Lipinski definition) is 0. The lowest BCUT2D eigenvalue weighted by molar-refractivity contribution is 0.423. The van der Waals surface area contributed by atoms with Gasteiger partial charge >= 0.3 is 0 Å². The summed E-state index contributed by atoms with van der Waals surface area (Å²) in [6, 6.07) is 70.1. The number of aromatic nitrogens is 2. The Kier molecular flexibility index (Phi) is 10.7. The molecule has 10 aromatic carbocycles. The molecule has 0 amide bonds. The molecule has 0 radical (unpaired) electrons. The second-order valence-electron chi connectivity index (χ2n) is 26.5. The second kappa shape index (κ2) is 17.1.